The molecule has 0 spiro atoms. The second kappa shape index (κ2) is 7.71. The van der Waals surface area contributed by atoms with Gasteiger partial charge in [-0.3, -0.25) is 4.79 Å². The van der Waals surface area contributed by atoms with Gasteiger partial charge in [0.1, 0.15) is 12.4 Å². The number of hydrogen-bond acceptors (Lipinski definition) is 5. The largest absolute Gasteiger partial charge is 0.396 e. The molecule has 7 heteroatoms. The highest BCUT2D eigenvalue weighted by atomic mass is 16.3. The fourth-order valence-corrected chi connectivity index (χ4v) is 3.03. The van der Waals surface area contributed by atoms with Gasteiger partial charge in [-0.1, -0.05) is 0 Å². The second-order valence-corrected chi connectivity index (χ2v) is 6.09. The van der Waals surface area contributed by atoms with Crippen molar-refractivity contribution in [2.24, 2.45) is 11.8 Å². The molecule has 0 aromatic carbocycles. The van der Waals surface area contributed by atoms with Crippen molar-refractivity contribution in [3.8, 4) is 0 Å². The Morgan fingerprint density at radius 3 is 2.73 bits per heavy atom. The lowest BCUT2D eigenvalue weighted by atomic mass is 9.96. The number of carbonyl (C=O) groups excluding carboxylic acids is 1. The number of rotatable bonds is 7. The van der Waals surface area contributed by atoms with E-state index in [0.29, 0.717) is 26.2 Å². The molecule has 1 aliphatic heterocycles. The van der Waals surface area contributed by atoms with Crippen LogP contribution in [0, 0.1) is 18.8 Å². The van der Waals surface area contributed by atoms with Crippen molar-refractivity contribution in [2.75, 3.05) is 46.4 Å². The van der Waals surface area contributed by atoms with Gasteiger partial charge < -0.3 is 24.6 Å². The van der Waals surface area contributed by atoms with Crippen molar-refractivity contribution >= 4 is 5.91 Å². The minimum atomic E-state index is 0.0619. The third kappa shape index (κ3) is 4.06. The summed E-state index contributed by atoms with van der Waals surface area (Å²) in [4.78, 5) is 20.4. The first-order valence-electron chi connectivity index (χ1n) is 7.71. The molecule has 0 aliphatic carbocycles. The number of hydrogen-bond donors (Lipinski definition) is 2. The van der Waals surface area contributed by atoms with Crippen molar-refractivity contribution in [1.29, 1.82) is 0 Å². The average molecular weight is 310 g/mol. The Morgan fingerprint density at radius 1 is 1.41 bits per heavy atom. The highest BCUT2D eigenvalue weighted by Crippen LogP contribution is 2.24. The minimum absolute atomic E-state index is 0.0619. The molecule has 2 rings (SSSR count). The highest BCUT2D eigenvalue weighted by Gasteiger charge is 2.35. The first-order valence-corrected chi connectivity index (χ1v) is 7.71. The number of amides is 1. The molecule has 1 amide bonds. The van der Waals surface area contributed by atoms with Crippen LogP contribution in [0.5, 0.6) is 0 Å². The zero-order chi connectivity index (χ0) is 16.1. The predicted molar refractivity (Wildman–Crippen MR) is 82.2 cm³/mol. The molecule has 1 saturated heterocycles. The van der Waals surface area contributed by atoms with Gasteiger partial charge in [-0.15, -0.1) is 0 Å². The van der Waals surface area contributed by atoms with Crippen LogP contribution in [0.2, 0.25) is 0 Å². The zero-order valence-electron chi connectivity index (χ0n) is 13.4. The van der Waals surface area contributed by atoms with Crippen LogP contribution in [0.15, 0.2) is 12.4 Å². The Bertz CT molecular complexity index is 491. The maximum atomic E-state index is 12.4. The summed E-state index contributed by atoms with van der Waals surface area (Å²) in [6.07, 6.45) is 3.50. The number of aromatic nitrogens is 2. The van der Waals surface area contributed by atoms with E-state index in [9.17, 15) is 9.90 Å². The molecular weight excluding hydrogens is 284 g/mol. The van der Waals surface area contributed by atoms with Crippen molar-refractivity contribution in [3.05, 3.63) is 18.2 Å². The summed E-state index contributed by atoms with van der Waals surface area (Å²) >= 11 is 0. The normalized spacial score (nSPS) is 21.8. The molecule has 2 unspecified atom stereocenters. The smallest absolute Gasteiger partial charge is 0.242 e. The fourth-order valence-electron chi connectivity index (χ4n) is 3.03. The van der Waals surface area contributed by atoms with Gasteiger partial charge in [-0.25, -0.2) is 4.98 Å². The molecule has 0 bridgehead atoms. The molecule has 0 radical (unpaired) electrons. The molecule has 2 heterocycles. The molecule has 1 fully saturated rings. The van der Waals surface area contributed by atoms with Crippen LogP contribution >= 0.6 is 0 Å². The molecule has 0 saturated carbocycles. The van der Waals surface area contributed by atoms with Gasteiger partial charge in [0.25, 0.3) is 0 Å². The van der Waals surface area contributed by atoms with Gasteiger partial charge in [0, 0.05) is 51.1 Å². The van der Waals surface area contributed by atoms with E-state index in [2.05, 4.69) is 4.98 Å². The maximum absolute atomic E-state index is 12.4. The average Bonchev–Trinajstić information content (AvgIpc) is 3.06. The van der Waals surface area contributed by atoms with E-state index in [-0.39, 0.29) is 31.0 Å². The molecule has 2 N–H and O–H groups in total. The number of imidazole rings is 1. The Labute approximate surface area is 131 Å². The van der Waals surface area contributed by atoms with Crippen LogP contribution in [0.3, 0.4) is 0 Å². The topological polar surface area (TPSA) is 81.8 Å². The third-order valence-corrected chi connectivity index (χ3v) is 4.42. The van der Waals surface area contributed by atoms with E-state index in [1.54, 1.807) is 12.4 Å². The maximum Gasteiger partial charge on any atom is 0.242 e. The summed E-state index contributed by atoms with van der Waals surface area (Å²) in [5.74, 6) is 1.24. The van der Waals surface area contributed by atoms with Crippen LogP contribution in [-0.2, 0) is 11.3 Å². The number of likely N-dealkylation sites (tertiary alicyclic amines) is 1. The lowest BCUT2D eigenvalue weighted by Gasteiger charge is -2.23. The first kappa shape index (κ1) is 16.9. The number of carbonyl (C=O) groups is 1. The zero-order valence-corrected chi connectivity index (χ0v) is 13.4. The summed E-state index contributed by atoms with van der Waals surface area (Å²) in [6.45, 7) is 5.02. The van der Waals surface area contributed by atoms with E-state index in [1.165, 1.54) is 0 Å². The minimum Gasteiger partial charge on any atom is -0.396 e. The first-order chi connectivity index (χ1) is 10.5. The molecule has 2 atom stereocenters. The summed E-state index contributed by atoms with van der Waals surface area (Å²) in [5, 5.41) is 18.5. The Kier molecular flexibility index (Phi) is 5.93. The SMILES string of the molecule is Cc1nccn1CC(=O)N1CC(CO)C(CN(C)CCO)C1. The van der Waals surface area contributed by atoms with Gasteiger partial charge in [0.05, 0.1) is 6.61 Å². The Balaban J connectivity index is 1.93. The third-order valence-electron chi connectivity index (χ3n) is 4.42. The molecule has 1 aromatic heterocycles. The molecule has 124 valence electrons. The van der Waals surface area contributed by atoms with Crippen LogP contribution in [0.25, 0.3) is 0 Å². The summed E-state index contributed by atoms with van der Waals surface area (Å²) in [6, 6.07) is 0. The van der Waals surface area contributed by atoms with Gasteiger partial charge in [0.15, 0.2) is 0 Å². The Morgan fingerprint density at radius 2 is 2.14 bits per heavy atom. The van der Waals surface area contributed by atoms with Gasteiger partial charge >= 0.3 is 0 Å². The summed E-state index contributed by atoms with van der Waals surface area (Å²) < 4.78 is 1.83. The molecule has 7 nitrogen and oxygen atoms in total. The fraction of sp³-hybridized carbons (Fsp3) is 0.733. The lowest BCUT2D eigenvalue weighted by molar-refractivity contribution is -0.131. The van der Waals surface area contributed by atoms with E-state index in [0.717, 1.165) is 12.4 Å². The molecular formula is C15H26N4O3. The number of aliphatic hydroxyl groups is 2. The predicted octanol–water partition coefficient (Wildman–Crippen LogP) is -0.817. The van der Waals surface area contributed by atoms with Crippen LogP contribution < -0.4 is 0 Å². The van der Waals surface area contributed by atoms with E-state index >= 15 is 0 Å². The second-order valence-electron chi connectivity index (χ2n) is 6.09. The monoisotopic (exact) mass is 310 g/mol. The quantitative estimate of drug-likeness (QED) is 0.688. The molecule has 22 heavy (non-hydrogen) atoms. The van der Waals surface area contributed by atoms with Crippen molar-refractivity contribution in [2.45, 2.75) is 13.5 Å². The van der Waals surface area contributed by atoms with Crippen LogP contribution in [0.4, 0.5) is 0 Å². The number of aryl methyl sites for hydroxylation is 1. The molecule has 1 aromatic rings. The van der Waals surface area contributed by atoms with E-state index in [4.69, 9.17) is 5.11 Å². The lowest BCUT2D eigenvalue weighted by Crippen LogP contribution is -2.34. The van der Waals surface area contributed by atoms with Gasteiger partial charge in [-0.05, 0) is 19.9 Å². The van der Waals surface area contributed by atoms with Crippen molar-refractivity contribution in [3.63, 3.8) is 0 Å². The number of aliphatic hydroxyl groups excluding tert-OH is 2. The van der Waals surface area contributed by atoms with Crippen LogP contribution in [-0.4, -0.2) is 81.9 Å². The van der Waals surface area contributed by atoms with Crippen molar-refractivity contribution < 1.29 is 15.0 Å². The summed E-state index contributed by atoms with van der Waals surface area (Å²) in [7, 11) is 1.95. The highest BCUT2D eigenvalue weighted by molar-refractivity contribution is 5.76. The van der Waals surface area contributed by atoms with Gasteiger partial charge in [0.2, 0.25) is 5.91 Å². The summed E-state index contributed by atoms with van der Waals surface area (Å²) in [5.41, 5.74) is 0. The molecule has 1 aliphatic rings. The number of nitrogens with zero attached hydrogens (tertiary/aromatic N) is 4. The van der Waals surface area contributed by atoms with Crippen LogP contribution in [0.1, 0.15) is 5.82 Å². The number of likely N-dealkylation sites (N-methyl/N-ethyl adjacent to an activating group) is 1. The van der Waals surface area contributed by atoms with E-state index in [1.807, 2.05) is 28.3 Å². The van der Waals surface area contributed by atoms with Crippen molar-refractivity contribution in [1.82, 2.24) is 19.4 Å². The van der Waals surface area contributed by atoms with E-state index < -0.39 is 0 Å². The van der Waals surface area contributed by atoms with Gasteiger partial charge in [-0.2, -0.15) is 0 Å². The standard InChI is InChI=1S/C15H26N4O3/c1-12-16-3-4-18(12)10-15(22)19-8-13(14(9-19)11-21)7-17(2)5-6-20/h3-4,13-14,20-21H,5-11H2,1-2H3. The Hall–Kier alpha value is -1.44.